The normalized spacial score (nSPS) is 20.5. The molecule has 1 spiro atoms. The van der Waals surface area contributed by atoms with E-state index >= 15 is 0 Å². The Hall–Kier alpha value is -3.06. The predicted octanol–water partition coefficient (Wildman–Crippen LogP) is 2.26. The molecule has 154 valence electrons. The highest BCUT2D eigenvalue weighted by atomic mass is 16.2. The molecule has 7 nitrogen and oxygen atoms in total. The Labute approximate surface area is 176 Å². The maximum atomic E-state index is 13.0. The van der Waals surface area contributed by atoms with Crippen molar-refractivity contribution in [2.24, 2.45) is 12.5 Å². The molecule has 1 unspecified atom stereocenters. The molecule has 2 aliphatic heterocycles. The number of rotatable bonds is 4. The summed E-state index contributed by atoms with van der Waals surface area (Å²) in [6.07, 6.45) is 3.45. The average Bonchev–Trinajstić information content (AvgIpc) is 3.31. The largest absolute Gasteiger partial charge is 0.337 e. The van der Waals surface area contributed by atoms with Crippen molar-refractivity contribution < 1.29 is 4.79 Å². The average molecular weight is 403 g/mol. The van der Waals surface area contributed by atoms with Crippen LogP contribution in [0.2, 0.25) is 0 Å². The number of carbonyl (C=O) groups excluding carboxylic acids is 1. The second-order valence-electron chi connectivity index (χ2n) is 8.72. The van der Waals surface area contributed by atoms with Crippen molar-refractivity contribution in [2.45, 2.75) is 19.4 Å². The zero-order valence-electron chi connectivity index (χ0n) is 17.4. The molecule has 1 amide bonds. The highest BCUT2D eigenvalue weighted by Gasteiger charge is 2.57. The number of pyridine rings is 1. The topological polar surface area (TPSA) is 67.2 Å². The molecule has 7 heteroatoms. The van der Waals surface area contributed by atoms with E-state index in [2.05, 4.69) is 44.3 Å². The van der Waals surface area contributed by atoms with Crippen LogP contribution in [0.15, 0.2) is 55.0 Å². The Morgan fingerprint density at radius 1 is 1.13 bits per heavy atom. The summed E-state index contributed by atoms with van der Waals surface area (Å²) in [7, 11) is 2.00. The monoisotopic (exact) mass is 402 g/mol. The third-order valence-corrected chi connectivity index (χ3v) is 6.48. The van der Waals surface area contributed by atoms with Gasteiger partial charge in [-0.1, -0.05) is 30.3 Å². The minimum atomic E-state index is 0.0172. The van der Waals surface area contributed by atoms with Gasteiger partial charge in [0.1, 0.15) is 12.2 Å². The van der Waals surface area contributed by atoms with Crippen molar-refractivity contribution in [1.82, 2.24) is 29.5 Å². The third kappa shape index (κ3) is 3.29. The van der Waals surface area contributed by atoms with Crippen molar-refractivity contribution in [3.05, 3.63) is 77.6 Å². The van der Waals surface area contributed by atoms with Gasteiger partial charge in [-0.05, 0) is 24.6 Å². The number of benzene rings is 1. The Balaban J connectivity index is 1.36. The molecular weight excluding hydrogens is 376 g/mol. The number of hydrogen-bond donors (Lipinski definition) is 0. The molecule has 0 aliphatic carbocycles. The first kappa shape index (κ1) is 18.9. The summed E-state index contributed by atoms with van der Waals surface area (Å²) in [5.41, 5.74) is 2.90. The van der Waals surface area contributed by atoms with Crippen LogP contribution in [-0.2, 0) is 13.6 Å². The molecule has 1 atom stereocenters. The van der Waals surface area contributed by atoms with Crippen LogP contribution < -0.4 is 0 Å². The quantitative estimate of drug-likeness (QED) is 0.670. The van der Waals surface area contributed by atoms with Gasteiger partial charge in [0.2, 0.25) is 0 Å². The lowest BCUT2D eigenvalue weighted by atomic mass is 9.71. The van der Waals surface area contributed by atoms with Crippen LogP contribution in [0.1, 0.15) is 33.4 Å². The van der Waals surface area contributed by atoms with Gasteiger partial charge in [0.15, 0.2) is 0 Å². The molecule has 30 heavy (non-hydrogen) atoms. The first-order valence-corrected chi connectivity index (χ1v) is 10.4. The molecule has 3 aromatic rings. The molecule has 0 radical (unpaired) electrons. The third-order valence-electron chi connectivity index (χ3n) is 6.48. The maximum Gasteiger partial charge on any atom is 0.255 e. The van der Waals surface area contributed by atoms with Crippen LogP contribution in [0.5, 0.6) is 0 Å². The predicted molar refractivity (Wildman–Crippen MR) is 113 cm³/mol. The fourth-order valence-electron chi connectivity index (χ4n) is 4.95. The van der Waals surface area contributed by atoms with Gasteiger partial charge in [0, 0.05) is 63.0 Å². The van der Waals surface area contributed by atoms with E-state index in [4.69, 9.17) is 0 Å². The maximum absolute atomic E-state index is 13.0. The summed E-state index contributed by atoms with van der Waals surface area (Å²) < 4.78 is 2.02. The summed E-state index contributed by atoms with van der Waals surface area (Å²) in [4.78, 5) is 21.7. The van der Waals surface area contributed by atoms with E-state index in [1.165, 1.54) is 5.56 Å². The molecule has 4 heterocycles. The van der Waals surface area contributed by atoms with Crippen LogP contribution in [0, 0.1) is 12.3 Å². The summed E-state index contributed by atoms with van der Waals surface area (Å²) in [5.74, 6) is 1.33. The zero-order valence-corrected chi connectivity index (χ0v) is 17.4. The summed E-state index contributed by atoms with van der Waals surface area (Å²) in [5, 5.41) is 8.54. The van der Waals surface area contributed by atoms with E-state index in [0.717, 1.165) is 44.2 Å². The molecule has 2 saturated heterocycles. The zero-order chi connectivity index (χ0) is 20.7. The molecule has 0 bridgehead atoms. The van der Waals surface area contributed by atoms with Gasteiger partial charge < -0.3 is 9.47 Å². The number of nitrogens with zero attached hydrogens (tertiary/aromatic N) is 6. The van der Waals surface area contributed by atoms with Gasteiger partial charge in [-0.25, -0.2) is 0 Å². The van der Waals surface area contributed by atoms with Gasteiger partial charge in [0.05, 0.1) is 5.56 Å². The number of aryl methyl sites for hydroxylation is 2. The highest BCUT2D eigenvalue weighted by Crippen LogP contribution is 2.49. The van der Waals surface area contributed by atoms with E-state index in [1.54, 1.807) is 12.5 Å². The fourth-order valence-corrected chi connectivity index (χ4v) is 4.95. The summed E-state index contributed by atoms with van der Waals surface area (Å²) in [6, 6.07) is 14.3. The van der Waals surface area contributed by atoms with Gasteiger partial charge in [-0.2, -0.15) is 0 Å². The van der Waals surface area contributed by atoms with Crippen molar-refractivity contribution in [1.29, 1.82) is 0 Å². The van der Waals surface area contributed by atoms with E-state index in [1.807, 2.05) is 41.6 Å². The Morgan fingerprint density at radius 2 is 1.93 bits per heavy atom. The second kappa shape index (κ2) is 7.32. The number of likely N-dealkylation sites (tertiary alicyclic amines) is 2. The van der Waals surface area contributed by atoms with Crippen LogP contribution in [0.25, 0.3) is 0 Å². The lowest BCUT2D eigenvalue weighted by Crippen LogP contribution is -2.61. The van der Waals surface area contributed by atoms with E-state index in [0.29, 0.717) is 5.56 Å². The summed E-state index contributed by atoms with van der Waals surface area (Å²) >= 11 is 0. The Morgan fingerprint density at radius 3 is 2.60 bits per heavy atom. The van der Waals surface area contributed by atoms with Crippen molar-refractivity contribution >= 4 is 5.91 Å². The van der Waals surface area contributed by atoms with Crippen molar-refractivity contribution in [3.8, 4) is 0 Å². The smallest absolute Gasteiger partial charge is 0.255 e. The lowest BCUT2D eigenvalue weighted by Gasteiger charge is -2.50. The minimum absolute atomic E-state index is 0.0172. The number of carbonyl (C=O) groups is 1. The first-order chi connectivity index (χ1) is 14.5. The number of amides is 1. The van der Waals surface area contributed by atoms with Crippen LogP contribution >= 0.6 is 0 Å². The molecule has 1 aromatic carbocycles. The van der Waals surface area contributed by atoms with Gasteiger partial charge >= 0.3 is 0 Å². The second-order valence-corrected chi connectivity index (χ2v) is 8.72. The van der Waals surface area contributed by atoms with E-state index in [9.17, 15) is 4.79 Å². The fraction of sp³-hybridized carbons (Fsp3) is 0.391. The molecular formula is C23H26N6O. The van der Waals surface area contributed by atoms with Crippen LogP contribution in [-0.4, -0.2) is 61.6 Å². The molecule has 2 aromatic heterocycles. The Bertz CT molecular complexity index is 1040. The van der Waals surface area contributed by atoms with E-state index < -0.39 is 0 Å². The molecule has 2 aliphatic rings. The van der Waals surface area contributed by atoms with Crippen molar-refractivity contribution in [3.63, 3.8) is 0 Å². The Kier molecular flexibility index (Phi) is 4.62. The van der Waals surface area contributed by atoms with Gasteiger partial charge in [0.25, 0.3) is 5.91 Å². The van der Waals surface area contributed by atoms with Gasteiger partial charge in [-0.3, -0.25) is 14.7 Å². The van der Waals surface area contributed by atoms with Crippen molar-refractivity contribution in [2.75, 3.05) is 26.2 Å². The van der Waals surface area contributed by atoms with Crippen LogP contribution in [0.3, 0.4) is 0 Å². The SMILES string of the molecule is Cc1ccc(C(=O)N2CC3(CN(Cc4ccccc4)CC3c3nncn3C)C2)cn1. The lowest BCUT2D eigenvalue weighted by molar-refractivity contribution is 0.00138. The standard InChI is InChI=1S/C23H26N6O/c1-17-8-9-19(10-24-17)22(30)29-14-23(15-29)13-28(11-18-6-4-3-5-7-18)12-20(23)21-26-25-16-27(21)2/h3-10,16,20H,11-15H2,1-2H3. The van der Waals surface area contributed by atoms with Crippen LogP contribution in [0.4, 0.5) is 0 Å². The minimum Gasteiger partial charge on any atom is -0.337 e. The molecule has 5 rings (SSSR count). The summed E-state index contributed by atoms with van der Waals surface area (Å²) in [6.45, 7) is 6.20. The molecule has 0 saturated carbocycles. The number of hydrogen-bond acceptors (Lipinski definition) is 5. The van der Waals surface area contributed by atoms with E-state index in [-0.39, 0.29) is 17.2 Å². The highest BCUT2D eigenvalue weighted by molar-refractivity contribution is 5.94. The molecule has 0 N–H and O–H groups in total. The van der Waals surface area contributed by atoms with Gasteiger partial charge in [-0.15, -0.1) is 10.2 Å². The first-order valence-electron chi connectivity index (χ1n) is 10.4. The molecule has 2 fully saturated rings. The number of aromatic nitrogens is 4.